The lowest BCUT2D eigenvalue weighted by molar-refractivity contribution is 0.188. The third kappa shape index (κ3) is 3.75. The van der Waals surface area contributed by atoms with Crippen LogP contribution in [0.4, 0.5) is 0 Å². The molecular weight excluding hydrogens is 226 g/mol. The molecule has 1 saturated heterocycles. The molecule has 0 spiro atoms. The highest BCUT2D eigenvalue weighted by Gasteiger charge is 2.21. The van der Waals surface area contributed by atoms with Gasteiger partial charge >= 0.3 is 0 Å². The third-order valence-corrected chi connectivity index (χ3v) is 4.88. The van der Waals surface area contributed by atoms with Crippen LogP contribution in [0.15, 0.2) is 29.2 Å². The molecule has 0 aliphatic carbocycles. The highest BCUT2D eigenvalue weighted by molar-refractivity contribution is 8.00. The first-order valence-corrected chi connectivity index (χ1v) is 7.50. The second kappa shape index (κ2) is 5.92. The molecule has 17 heavy (non-hydrogen) atoms. The molecule has 1 fully saturated rings. The Morgan fingerprint density at radius 1 is 1.12 bits per heavy atom. The van der Waals surface area contributed by atoms with Crippen molar-refractivity contribution in [2.45, 2.75) is 49.8 Å². The minimum Gasteiger partial charge on any atom is -0.301 e. The second-order valence-electron chi connectivity index (χ2n) is 5.26. The first kappa shape index (κ1) is 13.0. The lowest BCUT2D eigenvalue weighted by Crippen LogP contribution is -2.39. The van der Waals surface area contributed by atoms with Gasteiger partial charge in [0.1, 0.15) is 0 Å². The summed E-state index contributed by atoms with van der Waals surface area (Å²) < 4.78 is 0. The number of nitrogens with zero attached hydrogens (tertiary/aromatic N) is 1. The van der Waals surface area contributed by atoms with Crippen LogP contribution in [0, 0.1) is 6.92 Å². The normalized spacial score (nSPS) is 18.8. The van der Waals surface area contributed by atoms with Crippen LogP contribution in [-0.2, 0) is 0 Å². The molecule has 0 N–H and O–H groups in total. The maximum absolute atomic E-state index is 2.59. The van der Waals surface area contributed by atoms with Gasteiger partial charge in [-0.3, -0.25) is 0 Å². The number of hydrogen-bond acceptors (Lipinski definition) is 2. The van der Waals surface area contributed by atoms with Crippen molar-refractivity contribution in [3.8, 4) is 0 Å². The molecule has 0 amide bonds. The van der Waals surface area contributed by atoms with Crippen LogP contribution >= 0.6 is 11.8 Å². The standard InChI is InChI=1S/C15H23NS/c1-12(2)16-10-8-15(9-11-16)17-14-6-4-13(3)5-7-14/h4-7,12,15H,8-11H2,1-3H3. The number of benzene rings is 1. The van der Waals surface area contributed by atoms with E-state index in [1.54, 1.807) is 0 Å². The number of likely N-dealkylation sites (tertiary alicyclic amines) is 1. The fourth-order valence-corrected chi connectivity index (χ4v) is 3.44. The average Bonchev–Trinajstić information content (AvgIpc) is 2.33. The van der Waals surface area contributed by atoms with Crippen molar-refractivity contribution in [1.82, 2.24) is 4.90 Å². The summed E-state index contributed by atoms with van der Waals surface area (Å²) in [7, 11) is 0. The van der Waals surface area contributed by atoms with Crippen molar-refractivity contribution >= 4 is 11.8 Å². The van der Waals surface area contributed by atoms with Gasteiger partial charge in [-0.2, -0.15) is 0 Å². The van der Waals surface area contributed by atoms with Gasteiger partial charge in [-0.1, -0.05) is 17.7 Å². The van der Waals surface area contributed by atoms with Crippen molar-refractivity contribution in [2.24, 2.45) is 0 Å². The Balaban J connectivity index is 1.84. The van der Waals surface area contributed by atoms with E-state index in [1.807, 2.05) is 0 Å². The maximum Gasteiger partial charge on any atom is 0.0119 e. The Kier molecular flexibility index (Phi) is 4.52. The first-order valence-electron chi connectivity index (χ1n) is 6.62. The smallest absolute Gasteiger partial charge is 0.0119 e. The molecule has 0 aromatic heterocycles. The summed E-state index contributed by atoms with van der Waals surface area (Å²) >= 11 is 2.06. The number of aryl methyl sites for hydroxylation is 1. The monoisotopic (exact) mass is 249 g/mol. The van der Waals surface area contributed by atoms with Gasteiger partial charge in [-0.05, 0) is 58.8 Å². The van der Waals surface area contributed by atoms with Crippen LogP contribution < -0.4 is 0 Å². The summed E-state index contributed by atoms with van der Waals surface area (Å²) in [6, 6.07) is 9.65. The molecule has 1 aromatic rings. The summed E-state index contributed by atoms with van der Waals surface area (Å²) in [5.41, 5.74) is 1.35. The van der Waals surface area contributed by atoms with Gasteiger partial charge in [0.15, 0.2) is 0 Å². The molecule has 1 aliphatic heterocycles. The van der Waals surface area contributed by atoms with Gasteiger partial charge in [-0.25, -0.2) is 0 Å². The Morgan fingerprint density at radius 2 is 1.71 bits per heavy atom. The van der Waals surface area contributed by atoms with Gasteiger partial charge < -0.3 is 4.90 Å². The summed E-state index contributed by atoms with van der Waals surface area (Å²) in [5.74, 6) is 0. The fraction of sp³-hybridized carbons (Fsp3) is 0.600. The Morgan fingerprint density at radius 3 is 2.24 bits per heavy atom. The summed E-state index contributed by atoms with van der Waals surface area (Å²) in [5, 5.41) is 0.813. The predicted octanol–water partition coefficient (Wildman–Crippen LogP) is 3.96. The zero-order valence-electron chi connectivity index (χ0n) is 11.1. The molecule has 2 rings (SSSR count). The minimum absolute atomic E-state index is 0.709. The molecule has 1 aliphatic rings. The van der Waals surface area contributed by atoms with E-state index < -0.39 is 0 Å². The molecule has 0 radical (unpaired) electrons. The van der Waals surface area contributed by atoms with E-state index in [2.05, 4.69) is 61.7 Å². The van der Waals surface area contributed by atoms with E-state index >= 15 is 0 Å². The van der Waals surface area contributed by atoms with E-state index in [1.165, 1.54) is 36.4 Å². The van der Waals surface area contributed by atoms with Crippen molar-refractivity contribution < 1.29 is 0 Å². The zero-order chi connectivity index (χ0) is 12.3. The van der Waals surface area contributed by atoms with Crippen molar-refractivity contribution in [3.05, 3.63) is 29.8 Å². The van der Waals surface area contributed by atoms with E-state index in [0.717, 1.165) is 5.25 Å². The lowest BCUT2D eigenvalue weighted by Gasteiger charge is -2.34. The number of rotatable bonds is 3. The molecule has 1 aromatic carbocycles. The van der Waals surface area contributed by atoms with E-state index in [0.29, 0.717) is 6.04 Å². The Hall–Kier alpha value is -0.470. The molecule has 0 atom stereocenters. The summed E-state index contributed by atoms with van der Waals surface area (Å²) in [6.45, 7) is 9.28. The van der Waals surface area contributed by atoms with Crippen molar-refractivity contribution in [3.63, 3.8) is 0 Å². The topological polar surface area (TPSA) is 3.24 Å². The van der Waals surface area contributed by atoms with Gasteiger partial charge in [0.25, 0.3) is 0 Å². The molecule has 0 bridgehead atoms. The summed E-state index contributed by atoms with van der Waals surface area (Å²) in [6.07, 6.45) is 2.66. The zero-order valence-corrected chi connectivity index (χ0v) is 12.0. The van der Waals surface area contributed by atoms with E-state index in [-0.39, 0.29) is 0 Å². The lowest BCUT2D eigenvalue weighted by atomic mass is 10.1. The van der Waals surface area contributed by atoms with Crippen LogP contribution in [0.5, 0.6) is 0 Å². The minimum atomic E-state index is 0.709. The van der Waals surface area contributed by atoms with Gasteiger partial charge in [0.05, 0.1) is 0 Å². The average molecular weight is 249 g/mol. The SMILES string of the molecule is Cc1ccc(SC2CCN(C(C)C)CC2)cc1. The molecule has 2 heteroatoms. The predicted molar refractivity (Wildman–Crippen MR) is 76.8 cm³/mol. The number of hydrogen-bond donors (Lipinski definition) is 0. The van der Waals surface area contributed by atoms with Gasteiger partial charge in [0, 0.05) is 16.2 Å². The first-order chi connectivity index (χ1) is 8.15. The van der Waals surface area contributed by atoms with Crippen molar-refractivity contribution in [1.29, 1.82) is 0 Å². The highest BCUT2D eigenvalue weighted by atomic mass is 32.2. The van der Waals surface area contributed by atoms with Crippen LogP contribution in [0.3, 0.4) is 0 Å². The number of thioether (sulfide) groups is 1. The van der Waals surface area contributed by atoms with Crippen LogP contribution in [-0.4, -0.2) is 29.3 Å². The quantitative estimate of drug-likeness (QED) is 0.797. The van der Waals surface area contributed by atoms with E-state index in [9.17, 15) is 0 Å². The van der Waals surface area contributed by atoms with Crippen LogP contribution in [0.25, 0.3) is 0 Å². The molecular formula is C15H23NS. The largest absolute Gasteiger partial charge is 0.301 e. The molecule has 0 unspecified atom stereocenters. The molecule has 94 valence electrons. The van der Waals surface area contributed by atoms with Gasteiger partial charge in [0.2, 0.25) is 0 Å². The van der Waals surface area contributed by atoms with Crippen LogP contribution in [0.1, 0.15) is 32.3 Å². The molecule has 1 nitrogen and oxygen atoms in total. The second-order valence-corrected chi connectivity index (χ2v) is 6.63. The Bertz CT molecular complexity index is 336. The van der Waals surface area contributed by atoms with Crippen molar-refractivity contribution in [2.75, 3.05) is 13.1 Å². The highest BCUT2D eigenvalue weighted by Crippen LogP contribution is 2.30. The molecule has 0 saturated carbocycles. The maximum atomic E-state index is 2.59. The van der Waals surface area contributed by atoms with E-state index in [4.69, 9.17) is 0 Å². The summed E-state index contributed by atoms with van der Waals surface area (Å²) in [4.78, 5) is 4.02. The van der Waals surface area contributed by atoms with Gasteiger partial charge in [-0.15, -0.1) is 11.8 Å². The third-order valence-electron chi connectivity index (χ3n) is 3.53. The Labute approximate surface area is 110 Å². The number of piperidine rings is 1. The fourth-order valence-electron chi connectivity index (χ4n) is 2.32. The molecule has 1 heterocycles. The van der Waals surface area contributed by atoms with Crippen LogP contribution in [0.2, 0.25) is 0 Å².